The van der Waals surface area contributed by atoms with Crippen molar-refractivity contribution in [1.29, 1.82) is 0 Å². The Morgan fingerprint density at radius 3 is 1.49 bits per heavy atom. The summed E-state index contributed by atoms with van der Waals surface area (Å²) in [6.07, 6.45) is -10.1. The van der Waals surface area contributed by atoms with E-state index in [1.165, 1.54) is 43.5 Å². The van der Waals surface area contributed by atoms with Gasteiger partial charge in [-0.3, -0.25) is 0 Å². The molecule has 13 heteroatoms. The van der Waals surface area contributed by atoms with Crippen LogP contribution in [-0.4, -0.2) is 19.8 Å². The molecule has 0 bridgehead atoms. The summed E-state index contributed by atoms with van der Waals surface area (Å²) >= 11 is 9.03. The van der Waals surface area contributed by atoms with E-state index in [0.29, 0.717) is 26.9 Å². The van der Waals surface area contributed by atoms with Gasteiger partial charge in [-0.1, -0.05) is 42.5 Å². The largest absolute Gasteiger partial charge is 0.573 e. The first kappa shape index (κ1) is 32.1. The summed E-state index contributed by atoms with van der Waals surface area (Å²) < 4.78 is 95.1. The van der Waals surface area contributed by atoms with Crippen molar-refractivity contribution in [1.82, 2.24) is 0 Å². The number of benzene rings is 4. The first-order valence-electron chi connectivity index (χ1n) is 12.6. The van der Waals surface area contributed by atoms with Crippen molar-refractivity contribution in [3.63, 3.8) is 0 Å². The Hall–Kier alpha value is -3.84. The maximum Gasteiger partial charge on any atom is 0.573 e. The van der Waals surface area contributed by atoms with Gasteiger partial charge in [0.15, 0.2) is 0 Å². The van der Waals surface area contributed by atoms with Crippen LogP contribution in [0.3, 0.4) is 0 Å². The highest BCUT2D eigenvalue weighted by molar-refractivity contribution is 7.80. The van der Waals surface area contributed by atoms with Crippen LogP contribution in [0.5, 0.6) is 17.2 Å². The average molecular weight is 641 g/mol. The fourth-order valence-corrected chi connectivity index (χ4v) is 5.06. The van der Waals surface area contributed by atoms with Crippen LogP contribution in [0, 0.1) is 6.92 Å². The molecule has 0 saturated heterocycles. The molecule has 43 heavy (non-hydrogen) atoms. The van der Waals surface area contributed by atoms with E-state index in [-0.39, 0.29) is 11.1 Å². The molecule has 0 aliphatic carbocycles. The second-order valence-corrected chi connectivity index (χ2v) is 10.3. The smallest absolute Gasteiger partial charge is 0.497 e. The predicted molar refractivity (Wildman–Crippen MR) is 158 cm³/mol. The Balaban J connectivity index is 1.97. The molecule has 0 aliphatic rings. The van der Waals surface area contributed by atoms with Crippen LogP contribution in [0.1, 0.15) is 28.8 Å². The summed E-state index contributed by atoms with van der Waals surface area (Å²) in [5.74, 6) is -0.647. The molecule has 4 aromatic carbocycles. The van der Waals surface area contributed by atoms with Crippen molar-refractivity contribution in [3.8, 4) is 17.2 Å². The molecule has 0 aromatic heterocycles. The quantitative estimate of drug-likeness (QED) is 0.103. The molecule has 0 spiro atoms. The van der Waals surface area contributed by atoms with Gasteiger partial charge in [0, 0.05) is 32.3 Å². The van der Waals surface area contributed by atoms with Crippen molar-refractivity contribution in [2.24, 2.45) is 0 Å². The number of aryl methyl sites for hydroxylation is 1. The van der Waals surface area contributed by atoms with Crippen molar-refractivity contribution < 1.29 is 40.6 Å². The fourth-order valence-electron chi connectivity index (χ4n) is 4.45. The van der Waals surface area contributed by atoms with Gasteiger partial charge in [-0.05, 0) is 55.0 Å². The molecule has 0 amide bonds. The molecule has 2 atom stereocenters. The molecule has 2 N–H and O–H groups in total. The maximum absolute atomic E-state index is 13.5. The van der Waals surface area contributed by atoms with E-state index >= 15 is 0 Å². The standard InChI is InChI=1S/C30H26F6N2O3S2/c1-17-11-13-21(25(42)15-17)37-27(19-7-3-5-9-23(19)40-29(31,32)33)28(38-22-14-12-18(39-2)16-26(22)43)20-8-4-6-10-24(20)41-30(34,35)36/h3-16,27-28,37-38,42-43H,1-2H3. The van der Waals surface area contributed by atoms with E-state index < -0.39 is 36.3 Å². The summed E-state index contributed by atoms with van der Waals surface area (Å²) in [7, 11) is 1.46. The van der Waals surface area contributed by atoms with Crippen LogP contribution in [0.4, 0.5) is 37.7 Å². The number of hydrogen-bond acceptors (Lipinski definition) is 7. The Morgan fingerprint density at radius 1 is 0.628 bits per heavy atom. The van der Waals surface area contributed by atoms with Crippen molar-refractivity contribution >= 4 is 36.6 Å². The van der Waals surface area contributed by atoms with Gasteiger partial charge >= 0.3 is 12.7 Å². The van der Waals surface area contributed by atoms with E-state index in [0.717, 1.165) is 17.7 Å². The molecule has 228 valence electrons. The molecule has 4 rings (SSSR count). The lowest BCUT2D eigenvalue weighted by molar-refractivity contribution is -0.276. The Bertz CT molecular complexity index is 1570. The van der Waals surface area contributed by atoms with Crippen LogP contribution in [0.2, 0.25) is 0 Å². The first-order valence-corrected chi connectivity index (χ1v) is 13.5. The lowest BCUT2D eigenvalue weighted by Crippen LogP contribution is -2.29. The van der Waals surface area contributed by atoms with Crippen LogP contribution in [0.25, 0.3) is 0 Å². The number of thiol groups is 2. The fraction of sp³-hybridized carbons (Fsp3) is 0.200. The van der Waals surface area contributed by atoms with Gasteiger partial charge in [0.05, 0.1) is 19.2 Å². The third-order valence-electron chi connectivity index (χ3n) is 6.27. The van der Waals surface area contributed by atoms with Crippen molar-refractivity contribution in [2.75, 3.05) is 17.7 Å². The minimum Gasteiger partial charge on any atom is -0.497 e. The van der Waals surface area contributed by atoms with Gasteiger partial charge in [0.1, 0.15) is 17.2 Å². The second-order valence-electron chi connectivity index (χ2n) is 9.32. The molecule has 4 aromatic rings. The predicted octanol–water partition coefficient (Wildman–Crippen LogP) is 9.38. The number of rotatable bonds is 10. The molecule has 0 saturated carbocycles. The van der Waals surface area contributed by atoms with E-state index in [4.69, 9.17) is 4.74 Å². The molecule has 5 nitrogen and oxygen atoms in total. The van der Waals surface area contributed by atoms with Gasteiger partial charge in [0.25, 0.3) is 0 Å². The number of methoxy groups -OCH3 is 1. The first-order chi connectivity index (χ1) is 20.2. The number of halogens is 6. The van der Waals surface area contributed by atoms with Gasteiger partial charge in [0.2, 0.25) is 0 Å². The van der Waals surface area contributed by atoms with E-state index in [2.05, 4.69) is 45.4 Å². The minimum absolute atomic E-state index is 0.0123. The third kappa shape index (κ3) is 8.60. The Morgan fingerprint density at radius 2 is 1.07 bits per heavy atom. The van der Waals surface area contributed by atoms with Gasteiger partial charge in [-0.2, -0.15) is 0 Å². The van der Waals surface area contributed by atoms with Crippen molar-refractivity contribution in [2.45, 2.75) is 41.5 Å². The second kappa shape index (κ2) is 13.2. The Labute approximate surface area is 255 Å². The zero-order chi connectivity index (χ0) is 31.4. The molecule has 2 unspecified atom stereocenters. The van der Waals surface area contributed by atoms with Crippen LogP contribution < -0.4 is 24.8 Å². The summed E-state index contributed by atoms with van der Waals surface area (Å²) in [5.41, 5.74) is 1.59. The zero-order valence-corrected chi connectivity index (χ0v) is 24.4. The number of alkyl halides is 6. The van der Waals surface area contributed by atoms with E-state index in [9.17, 15) is 26.3 Å². The van der Waals surface area contributed by atoms with E-state index in [1.807, 2.05) is 6.92 Å². The van der Waals surface area contributed by atoms with Crippen LogP contribution in [0.15, 0.2) is 94.7 Å². The number of anilines is 2. The highest BCUT2D eigenvalue weighted by Crippen LogP contribution is 2.45. The van der Waals surface area contributed by atoms with Gasteiger partial charge in [-0.25, -0.2) is 0 Å². The van der Waals surface area contributed by atoms with Crippen LogP contribution >= 0.6 is 25.3 Å². The summed E-state index contributed by atoms with van der Waals surface area (Å²) in [6, 6.07) is 18.3. The van der Waals surface area contributed by atoms with Crippen LogP contribution in [-0.2, 0) is 0 Å². The number of hydrogen-bond donors (Lipinski definition) is 4. The number of para-hydroxylation sites is 2. The average Bonchev–Trinajstić information content (AvgIpc) is 2.91. The normalized spacial score (nSPS) is 13.2. The molecular weight excluding hydrogens is 614 g/mol. The molecule has 0 fully saturated rings. The van der Waals surface area contributed by atoms with Crippen molar-refractivity contribution in [3.05, 3.63) is 102 Å². The summed E-state index contributed by atoms with van der Waals surface area (Å²) in [5, 5.41) is 6.37. The summed E-state index contributed by atoms with van der Waals surface area (Å²) in [4.78, 5) is 0.819. The molecule has 0 heterocycles. The number of nitrogens with one attached hydrogen (secondary N) is 2. The van der Waals surface area contributed by atoms with E-state index in [1.54, 1.807) is 36.4 Å². The zero-order valence-electron chi connectivity index (χ0n) is 22.6. The lowest BCUT2D eigenvalue weighted by atomic mass is 9.91. The summed E-state index contributed by atoms with van der Waals surface area (Å²) in [6.45, 7) is 1.83. The Kier molecular flexibility index (Phi) is 9.86. The molecule has 0 radical (unpaired) electrons. The maximum atomic E-state index is 13.5. The monoisotopic (exact) mass is 640 g/mol. The topological polar surface area (TPSA) is 51.8 Å². The highest BCUT2D eigenvalue weighted by Gasteiger charge is 2.38. The molecule has 0 aliphatic heterocycles. The molecular formula is C30H26F6N2O3S2. The lowest BCUT2D eigenvalue weighted by Gasteiger charge is -2.34. The SMILES string of the molecule is COc1ccc(NC(c2ccccc2OC(F)(F)F)C(Nc2ccc(C)cc2S)c2ccccc2OC(F)(F)F)c(S)c1. The van der Waals surface area contributed by atoms with Gasteiger partial charge in [-0.15, -0.1) is 51.6 Å². The number of ether oxygens (including phenoxy) is 3. The highest BCUT2D eigenvalue weighted by atomic mass is 32.1. The minimum atomic E-state index is -5.05. The third-order valence-corrected chi connectivity index (χ3v) is 7.01. The van der Waals surface area contributed by atoms with Gasteiger partial charge < -0.3 is 24.8 Å².